The van der Waals surface area contributed by atoms with E-state index in [-0.39, 0.29) is 27.7 Å². The first-order chi connectivity index (χ1) is 15.3. The van der Waals surface area contributed by atoms with E-state index in [0.717, 1.165) is 4.57 Å². The smallest absolute Gasteiger partial charge is 0.340 e. The number of amides is 1. The highest BCUT2D eigenvalue weighted by Crippen LogP contribution is 2.45. The van der Waals surface area contributed by atoms with Gasteiger partial charge in [-0.15, -0.1) is 0 Å². The molecule has 0 atom stereocenters. The fourth-order valence-corrected chi connectivity index (χ4v) is 4.84. The predicted molar refractivity (Wildman–Crippen MR) is 130 cm³/mol. The minimum absolute atomic E-state index is 0.0212. The van der Waals surface area contributed by atoms with Gasteiger partial charge in [-0.1, -0.05) is 74.8 Å². The highest BCUT2D eigenvalue weighted by molar-refractivity contribution is 9.10. The molecule has 33 heavy (non-hydrogen) atoms. The zero-order valence-corrected chi connectivity index (χ0v) is 21.1. The van der Waals surface area contributed by atoms with Gasteiger partial charge >= 0.3 is 6.18 Å². The molecule has 3 rings (SSSR count). The number of carbonyl (C=O) groups is 1. The van der Waals surface area contributed by atoms with E-state index in [2.05, 4.69) is 15.9 Å². The molecule has 0 aliphatic heterocycles. The average Bonchev–Trinajstić information content (AvgIpc) is 2.99. The number of hydrogen-bond donors (Lipinski definition) is 0. The number of rotatable bonds is 5. The van der Waals surface area contributed by atoms with Gasteiger partial charge in [0.2, 0.25) is 0 Å². The van der Waals surface area contributed by atoms with Gasteiger partial charge in [-0.05, 0) is 44.6 Å². The molecule has 0 aliphatic rings. The molecule has 3 nitrogen and oxygen atoms in total. The summed E-state index contributed by atoms with van der Waals surface area (Å²) >= 11 is 9.20. The molecule has 176 valence electrons. The van der Waals surface area contributed by atoms with Crippen LogP contribution in [0.1, 0.15) is 42.5 Å². The summed E-state index contributed by atoms with van der Waals surface area (Å²) in [5, 5.41) is 0.451. The highest BCUT2D eigenvalue weighted by Gasteiger charge is 2.42. The Morgan fingerprint density at radius 2 is 1.61 bits per heavy atom. The van der Waals surface area contributed by atoms with Crippen molar-refractivity contribution >= 4 is 33.4 Å². The van der Waals surface area contributed by atoms with Crippen LogP contribution >= 0.6 is 27.5 Å². The maximum atomic E-state index is 14.3. The van der Waals surface area contributed by atoms with Crippen LogP contribution in [0.5, 0.6) is 0 Å². The van der Waals surface area contributed by atoms with Gasteiger partial charge in [0, 0.05) is 30.7 Å². The number of hydrogen-bond acceptors (Lipinski definition) is 1. The minimum Gasteiger partial charge on any atom is -0.340 e. The Morgan fingerprint density at radius 1 is 1.03 bits per heavy atom. The highest BCUT2D eigenvalue weighted by atomic mass is 79.9. The van der Waals surface area contributed by atoms with E-state index in [0.29, 0.717) is 22.7 Å². The van der Waals surface area contributed by atoms with E-state index >= 15 is 0 Å². The lowest BCUT2D eigenvalue weighted by atomic mass is 9.96. The largest absolute Gasteiger partial charge is 0.432 e. The first-order valence-corrected chi connectivity index (χ1v) is 11.5. The maximum Gasteiger partial charge on any atom is 0.432 e. The zero-order valence-electron chi connectivity index (χ0n) is 18.8. The first kappa shape index (κ1) is 25.4. The molecule has 0 bridgehead atoms. The molecule has 0 spiro atoms. The van der Waals surface area contributed by atoms with Crippen molar-refractivity contribution in [2.75, 3.05) is 13.6 Å². The van der Waals surface area contributed by atoms with E-state index in [1.54, 1.807) is 61.6 Å². The van der Waals surface area contributed by atoms with Crippen LogP contribution in [0.15, 0.2) is 59.1 Å². The van der Waals surface area contributed by atoms with Crippen LogP contribution in [-0.4, -0.2) is 29.0 Å². The Morgan fingerprint density at radius 3 is 2.12 bits per heavy atom. The van der Waals surface area contributed by atoms with Gasteiger partial charge in [0.25, 0.3) is 5.91 Å². The van der Waals surface area contributed by atoms with Gasteiger partial charge in [0.15, 0.2) is 0 Å². The molecular weight excluding hydrogens is 517 g/mol. The molecular formula is C25H25BrClF3N2O. The fourth-order valence-electron chi connectivity index (χ4n) is 3.86. The van der Waals surface area contributed by atoms with E-state index in [9.17, 15) is 18.0 Å². The summed E-state index contributed by atoms with van der Waals surface area (Å²) in [5.74, 6) is -0.484. The molecule has 0 aliphatic carbocycles. The Balaban J connectivity index is 2.32. The quantitative estimate of drug-likeness (QED) is 0.324. The van der Waals surface area contributed by atoms with Crippen molar-refractivity contribution in [3.8, 4) is 11.1 Å². The fraction of sp³-hybridized carbons (Fsp3) is 0.320. The molecule has 2 aromatic carbocycles. The average molecular weight is 542 g/mol. The SMILES string of the molecule is CN(CC(C)(C)C)C(=O)c1c(-c2ccc(Cl)cc2)c(Br)c(C(F)(F)F)n1Cc1ccccc1. The summed E-state index contributed by atoms with van der Waals surface area (Å²) in [4.78, 5) is 15.2. The van der Waals surface area contributed by atoms with Crippen LogP contribution < -0.4 is 0 Å². The molecule has 0 saturated heterocycles. The topological polar surface area (TPSA) is 25.2 Å². The lowest BCUT2D eigenvalue weighted by molar-refractivity contribution is -0.144. The van der Waals surface area contributed by atoms with Crippen LogP contribution in [0, 0.1) is 5.41 Å². The number of nitrogens with zero attached hydrogens (tertiary/aromatic N) is 2. The molecule has 3 aromatic rings. The summed E-state index contributed by atoms with van der Waals surface area (Å²) in [6, 6.07) is 15.2. The second-order valence-corrected chi connectivity index (χ2v) is 10.4. The Bertz CT molecular complexity index is 1130. The molecule has 0 saturated carbocycles. The van der Waals surface area contributed by atoms with Crippen LogP contribution in [0.4, 0.5) is 13.2 Å². The van der Waals surface area contributed by atoms with Crippen LogP contribution in [0.3, 0.4) is 0 Å². The lowest BCUT2D eigenvalue weighted by Crippen LogP contribution is -2.36. The van der Waals surface area contributed by atoms with Gasteiger partial charge in [0.05, 0.1) is 4.47 Å². The number of halogens is 5. The van der Waals surface area contributed by atoms with Crippen molar-refractivity contribution in [2.24, 2.45) is 5.41 Å². The van der Waals surface area contributed by atoms with Gasteiger partial charge in [-0.3, -0.25) is 4.79 Å². The van der Waals surface area contributed by atoms with Crippen LogP contribution in [-0.2, 0) is 12.7 Å². The standard InChI is InChI=1S/C25H25BrClF3N2O/c1-24(2,3)15-31(4)23(33)21-19(17-10-12-18(27)13-11-17)20(26)22(25(28,29)30)32(21)14-16-8-6-5-7-9-16/h5-13H,14-15H2,1-4H3. The van der Waals surface area contributed by atoms with Gasteiger partial charge < -0.3 is 9.47 Å². The molecule has 0 unspecified atom stereocenters. The van der Waals surface area contributed by atoms with Crippen molar-refractivity contribution in [3.05, 3.63) is 81.0 Å². The summed E-state index contributed by atoms with van der Waals surface area (Å²) in [5.41, 5.74) is 0.166. The van der Waals surface area contributed by atoms with Gasteiger partial charge in [0.1, 0.15) is 11.4 Å². The van der Waals surface area contributed by atoms with Crippen molar-refractivity contribution in [2.45, 2.75) is 33.5 Å². The molecule has 0 N–H and O–H groups in total. The summed E-state index contributed by atoms with van der Waals surface area (Å²) in [6.07, 6.45) is -4.68. The molecule has 8 heteroatoms. The maximum absolute atomic E-state index is 14.3. The number of carbonyl (C=O) groups excluding carboxylic acids is 1. The van der Waals surface area contributed by atoms with Crippen molar-refractivity contribution in [3.63, 3.8) is 0 Å². The van der Waals surface area contributed by atoms with E-state index in [1.807, 2.05) is 20.8 Å². The number of aromatic nitrogens is 1. The van der Waals surface area contributed by atoms with Crippen LogP contribution in [0.25, 0.3) is 11.1 Å². The van der Waals surface area contributed by atoms with E-state index < -0.39 is 17.8 Å². The second-order valence-electron chi connectivity index (χ2n) is 9.18. The second kappa shape index (κ2) is 9.55. The molecule has 0 fully saturated rings. The van der Waals surface area contributed by atoms with Crippen molar-refractivity contribution in [1.29, 1.82) is 0 Å². The number of alkyl halides is 3. The monoisotopic (exact) mass is 540 g/mol. The molecule has 1 amide bonds. The molecule has 1 aromatic heterocycles. The van der Waals surface area contributed by atoms with E-state index in [4.69, 9.17) is 11.6 Å². The first-order valence-electron chi connectivity index (χ1n) is 10.3. The molecule has 0 radical (unpaired) electrons. The normalized spacial score (nSPS) is 12.2. The third-order valence-electron chi connectivity index (χ3n) is 5.05. The summed E-state index contributed by atoms with van der Waals surface area (Å²) < 4.78 is 43.9. The Kier molecular flexibility index (Phi) is 7.34. The molecule has 1 heterocycles. The van der Waals surface area contributed by atoms with Gasteiger partial charge in [-0.25, -0.2) is 0 Å². The Hall–Kier alpha value is -2.25. The zero-order chi connectivity index (χ0) is 24.6. The third-order valence-corrected chi connectivity index (χ3v) is 6.07. The summed E-state index contributed by atoms with van der Waals surface area (Å²) in [6.45, 7) is 6.18. The van der Waals surface area contributed by atoms with Crippen LogP contribution in [0.2, 0.25) is 5.02 Å². The minimum atomic E-state index is -4.68. The Labute approximate surface area is 205 Å². The van der Waals surface area contributed by atoms with Crippen molar-refractivity contribution in [1.82, 2.24) is 9.47 Å². The number of benzene rings is 2. The van der Waals surface area contributed by atoms with E-state index in [1.165, 1.54) is 4.90 Å². The van der Waals surface area contributed by atoms with Gasteiger partial charge in [-0.2, -0.15) is 13.2 Å². The predicted octanol–water partition coefficient (Wildman–Crippen LogP) is 7.76. The third kappa shape index (κ3) is 5.82. The lowest BCUT2D eigenvalue weighted by Gasteiger charge is -2.27. The van der Waals surface area contributed by atoms with Crippen molar-refractivity contribution < 1.29 is 18.0 Å². The summed E-state index contributed by atoms with van der Waals surface area (Å²) in [7, 11) is 1.61.